The van der Waals surface area contributed by atoms with Gasteiger partial charge < -0.3 is 15.2 Å². The van der Waals surface area contributed by atoms with Crippen LogP contribution in [0.4, 0.5) is 8.78 Å². The molecule has 1 saturated carbocycles. The van der Waals surface area contributed by atoms with Gasteiger partial charge in [-0.15, -0.1) is 0 Å². The van der Waals surface area contributed by atoms with Crippen LogP contribution >= 0.6 is 0 Å². The Morgan fingerprint density at radius 2 is 2.25 bits per heavy atom. The second-order valence-electron chi connectivity index (χ2n) is 4.93. The highest BCUT2D eigenvalue weighted by molar-refractivity contribution is 5.81. The average molecular weight is 285 g/mol. The fourth-order valence-corrected chi connectivity index (χ4v) is 2.34. The molecular formula is C14H17F2NO3. The SMILES string of the molecule is CCOC(=O)C1(N)CCC(Oc2cc(F)ccc2F)C1. The molecule has 2 N–H and O–H groups in total. The maximum Gasteiger partial charge on any atom is 0.326 e. The number of benzene rings is 1. The average Bonchev–Trinajstić information content (AvgIpc) is 2.77. The van der Waals surface area contributed by atoms with Gasteiger partial charge in [-0.3, -0.25) is 4.79 Å². The minimum atomic E-state index is -1.11. The highest BCUT2D eigenvalue weighted by atomic mass is 19.1. The molecule has 2 rings (SSSR count). The van der Waals surface area contributed by atoms with Crippen molar-refractivity contribution in [3.05, 3.63) is 29.8 Å². The summed E-state index contributed by atoms with van der Waals surface area (Å²) in [6.07, 6.45) is 0.682. The van der Waals surface area contributed by atoms with Crippen molar-refractivity contribution in [1.82, 2.24) is 0 Å². The van der Waals surface area contributed by atoms with Gasteiger partial charge in [0.25, 0.3) is 0 Å². The van der Waals surface area contributed by atoms with E-state index in [0.717, 1.165) is 18.2 Å². The maximum absolute atomic E-state index is 13.5. The predicted octanol–water partition coefficient (Wildman–Crippen LogP) is 2.16. The number of ether oxygens (including phenoxy) is 2. The van der Waals surface area contributed by atoms with Crippen LogP contribution in [0.5, 0.6) is 5.75 Å². The van der Waals surface area contributed by atoms with Gasteiger partial charge in [0.05, 0.1) is 6.61 Å². The maximum atomic E-state index is 13.5. The van der Waals surface area contributed by atoms with Crippen molar-refractivity contribution in [2.24, 2.45) is 5.73 Å². The van der Waals surface area contributed by atoms with Gasteiger partial charge in [-0.25, -0.2) is 8.78 Å². The first-order chi connectivity index (χ1) is 9.44. The lowest BCUT2D eigenvalue weighted by Crippen LogP contribution is -2.47. The molecule has 0 aliphatic heterocycles. The molecule has 0 spiro atoms. The van der Waals surface area contributed by atoms with Crippen molar-refractivity contribution in [3.8, 4) is 5.75 Å². The van der Waals surface area contributed by atoms with E-state index in [4.69, 9.17) is 15.2 Å². The van der Waals surface area contributed by atoms with Crippen LogP contribution in [0.1, 0.15) is 26.2 Å². The molecule has 4 nitrogen and oxygen atoms in total. The minimum Gasteiger partial charge on any atom is -0.487 e. The Kier molecular flexibility index (Phi) is 4.23. The Morgan fingerprint density at radius 3 is 2.95 bits per heavy atom. The second kappa shape index (κ2) is 5.75. The van der Waals surface area contributed by atoms with E-state index < -0.39 is 29.2 Å². The standard InChI is InChI=1S/C14H17F2NO3/c1-2-19-13(18)14(17)6-5-10(8-14)20-12-7-9(15)3-4-11(12)16/h3-4,7,10H,2,5-6,8,17H2,1H3. The molecule has 6 heteroatoms. The Hall–Kier alpha value is -1.69. The number of halogens is 2. The van der Waals surface area contributed by atoms with Crippen molar-refractivity contribution in [3.63, 3.8) is 0 Å². The number of rotatable bonds is 4. The highest BCUT2D eigenvalue weighted by Crippen LogP contribution is 2.33. The second-order valence-corrected chi connectivity index (χ2v) is 4.93. The van der Waals surface area contributed by atoms with Gasteiger partial charge in [0, 0.05) is 12.5 Å². The normalized spacial score (nSPS) is 25.5. The van der Waals surface area contributed by atoms with Crippen molar-refractivity contribution < 1.29 is 23.0 Å². The molecule has 1 fully saturated rings. The van der Waals surface area contributed by atoms with Crippen molar-refractivity contribution in [1.29, 1.82) is 0 Å². The number of hydrogen-bond donors (Lipinski definition) is 1. The molecule has 0 aromatic heterocycles. The van der Waals surface area contributed by atoms with Gasteiger partial charge >= 0.3 is 5.97 Å². The van der Waals surface area contributed by atoms with E-state index in [-0.39, 0.29) is 18.8 Å². The third-order valence-electron chi connectivity index (χ3n) is 3.37. The van der Waals surface area contributed by atoms with E-state index in [1.165, 1.54) is 0 Å². The van der Waals surface area contributed by atoms with Crippen molar-refractivity contribution >= 4 is 5.97 Å². The minimum absolute atomic E-state index is 0.164. The molecule has 20 heavy (non-hydrogen) atoms. The van der Waals surface area contributed by atoms with Gasteiger partial charge in [-0.05, 0) is 31.9 Å². The van der Waals surface area contributed by atoms with Crippen LogP contribution in [0.2, 0.25) is 0 Å². The summed E-state index contributed by atoms with van der Waals surface area (Å²) in [5.41, 5.74) is 4.87. The molecule has 0 amide bonds. The first kappa shape index (κ1) is 14.7. The summed E-state index contributed by atoms with van der Waals surface area (Å²) in [6, 6.07) is 3.00. The van der Waals surface area contributed by atoms with E-state index in [1.54, 1.807) is 6.92 Å². The summed E-state index contributed by atoms with van der Waals surface area (Å²) < 4.78 is 36.9. The summed E-state index contributed by atoms with van der Waals surface area (Å²) >= 11 is 0. The Labute approximate surface area is 115 Å². The smallest absolute Gasteiger partial charge is 0.326 e. The van der Waals surface area contributed by atoms with Crippen molar-refractivity contribution in [2.45, 2.75) is 37.8 Å². The summed E-state index contributed by atoms with van der Waals surface area (Å²) in [7, 11) is 0. The highest BCUT2D eigenvalue weighted by Gasteiger charge is 2.44. The van der Waals surface area contributed by atoms with Gasteiger partial charge in [0.1, 0.15) is 17.5 Å². The predicted molar refractivity (Wildman–Crippen MR) is 68.2 cm³/mol. The number of esters is 1. The van der Waals surface area contributed by atoms with E-state index in [9.17, 15) is 13.6 Å². The lowest BCUT2D eigenvalue weighted by atomic mass is 9.99. The third-order valence-corrected chi connectivity index (χ3v) is 3.37. The number of hydrogen-bond acceptors (Lipinski definition) is 4. The van der Waals surface area contributed by atoms with Crippen LogP contribution in [0.15, 0.2) is 18.2 Å². The molecule has 1 aromatic rings. The van der Waals surface area contributed by atoms with E-state index in [1.807, 2.05) is 0 Å². The summed E-state index contributed by atoms with van der Waals surface area (Å²) in [4.78, 5) is 11.7. The van der Waals surface area contributed by atoms with Gasteiger partial charge in [0.2, 0.25) is 0 Å². The third kappa shape index (κ3) is 3.07. The van der Waals surface area contributed by atoms with Crippen LogP contribution < -0.4 is 10.5 Å². The van der Waals surface area contributed by atoms with E-state index >= 15 is 0 Å². The van der Waals surface area contributed by atoms with Crippen LogP contribution in [-0.2, 0) is 9.53 Å². The largest absolute Gasteiger partial charge is 0.487 e. The summed E-state index contributed by atoms with van der Waals surface area (Å²) in [6.45, 7) is 1.95. The van der Waals surface area contributed by atoms with Crippen molar-refractivity contribution in [2.75, 3.05) is 6.61 Å². The lowest BCUT2D eigenvalue weighted by molar-refractivity contribution is -0.149. The molecule has 0 bridgehead atoms. The van der Waals surface area contributed by atoms with Gasteiger partial charge in [-0.2, -0.15) is 0 Å². The molecule has 110 valence electrons. The first-order valence-electron chi connectivity index (χ1n) is 6.52. The Morgan fingerprint density at radius 1 is 1.50 bits per heavy atom. The fraction of sp³-hybridized carbons (Fsp3) is 0.500. The lowest BCUT2D eigenvalue weighted by Gasteiger charge is -2.21. The molecule has 0 heterocycles. The molecule has 2 unspecified atom stereocenters. The number of carbonyl (C=O) groups excluding carboxylic acids is 1. The summed E-state index contributed by atoms with van der Waals surface area (Å²) in [5.74, 6) is -1.87. The van der Waals surface area contributed by atoms with Crippen LogP contribution in [-0.4, -0.2) is 24.2 Å². The molecule has 0 radical (unpaired) electrons. The zero-order valence-electron chi connectivity index (χ0n) is 11.2. The zero-order chi connectivity index (χ0) is 14.8. The number of nitrogens with two attached hydrogens (primary N) is 1. The van der Waals surface area contributed by atoms with Crippen LogP contribution in [0, 0.1) is 11.6 Å². The Balaban J connectivity index is 2.03. The van der Waals surface area contributed by atoms with Gasteiger partial charge in [0.15, 0.2) is 11.6 Å². The molecule has 1 aliphatic rings. The van der Waals surface area contributed by atoms with Crippen LogP contribution in [0.3, 0.4) is 0 Å². The Bertz CT molecular complexity index is 509. The quantitative estimate of drug-likeness (QED) is 0.861. The molecular weight excluding hydrogens is 268 g/mol. The summed E-state index contributed by atoms with van der Waals surface area (Å²) in [5, 5.41) is 0. The molecule has 2 atom stereocenters. The monoisotopic (exact) mass is 285 g/mol. The molecule has 1 aromatic carbocycles. The number of carbonyl (C=O) groups is 1. The first-order valence-corrected chi connectivity index (χ1v) is 6.52. The van der Waals surface area contributed by atoms with E-state index in [2.05, 4.69) is 0 Å². The van der Waals surface area contributed by atoms with Gasteiger partial charge in [-0.1, -0.05) is 0 Å². The fourth-order valence-electron chi connectivity index (χ4n) is 2.34. The topological polar surface area (TPSA) is 61.5 Å². The molecule has 0 saturated heterocycles. The zero-order valence-corrected chi connectivity index (χ0v) is 11.2. The van der Waals surface area contributed by atoms with Crippen LogP contribution in [0.25, 0.3) is 0 Å². The molecule has 1 aliphatic carbocycles. The van der Waals surface area contributed by atoms with E-state index in [0.29, 0.717) is 12.8 Å².